The third kappa shape index (κ3) is 3.44. The molecule has 0 bridgehead atoms. The van der Waals surface area contributed by atoms with Gasteiger partial charge in [0.1, 0.15) is 11.6 Å². The van der Waals surface area contributed by atoms with Gasteiger partial charge in [0.15, 0.2) is 11.5 Å². The molecule has 1 aliphatic heterocycles. The number of para-hydroxylation sites is 2. The van der Waals surface area contributed by atoms with Crippen molar-refractivity contribution < 1.29 is 14.3 Å². The summed E-state index contributed by atoms with van der Waals surface area (Å²) in [5.41, 5.74) is 0. The van der Waals surface area contributed by atoms with E-state index >= 15 is 0 Å². The van der Waals surface area contributed by atoms with Crippen LogP contribution in [0.2, 0.25) is 0 Å². The van der Waals surface area contributed by atoms with Crippen LogP contribution in [-0.2, 0) is 4.79 Å². The SMILES string of the molecule is CCC(CC)c1nnc(NC(=O)[C@H]2COc3ccccc3O2)s1. The van der Waals surface area contributed by atoms with E-state index in [9.17, 15) is 4.79 Å². The Kier molecular flexibility index (Phi) is 4.76. The lowest BCUT2D eigenvalue weighted by atomic mass is 10.1. The number of hydrogen-bond acceptors (Lipinski definition) is 6. The van der Waals surface area contributed by atoms with E-state index in [-0.39, 0.29) is 12.5 Å². The van der Waals surface area contributed by atoms with Gasteiger partial charge >= 0.3 is 0 Å². The summed E-state index contributed by atoms with van der Waals surface area (Å²) in [4.78, 5) is 12.3. The average Bonchev–Trinajstić information content (AvgIpc) is 3.04. The van der Waals surface area contributed by atoms with Crippen molar-refractivity contribution in [2.45, 2.75) is 38.7 Å². The summed E-state index contributed by atoms with van der Waals surface area (Å²) in [7, 11) is 0. The predicted molar refractivity (Wildman–Crippen MR) is 88.2 cm³/mol. The first-order valence-electron chi connectivity index (χ1n) is 7.74. The van der Waals surface area contributed by atoms with E-state index in [1.54, 1.807) is 6.07 Å². The number of carbonyl (C=O) groups is 1. The number of benzene rings is 1. The lowest BCUT2D eigenvalue weighted by molar-refractivity contribution is -0.125. The monoisotopic (exact) mass is 333 g/mol. The highest BCUT2D eigenvalue weighted by Gasteiger charge is 2.28. The van der Waals surface area contributed by atoms with Crippen LogP contribution in [0.1, 0.15) is 37.6 Å². The molecule has 2 aromatic rings. The molecule has 1 atom stereocenters. The molecule has 2 heterocycles. The summed E-state index contributed by atoms with van der Waals surface area (Å²) in [5, 5.41) is 12.4. The zero-order valence-electron chi connectivity index (χ0n) is 13.1. The first-order valence-corrected chi connectivity index (χ1v) is 8.55. The van der Waals surface area contributed by atoms with Gasteiger partial charge in [0.25, 0.3) is 5.91 Å². The number of carbonyl (C=O) groups excluding carboxylic acids is 1. The van der Waals surface area contributed by atoms with Gasteiger partial charge in [-0.2, -0.15) is 0 Å². The molecule has 1 N–H and O–H groups in total. The Balaban J connectivity index is 1.64. The lowest BCUT2D eigenvalue weighted by Crippen LogP contribution is -2.40. The quantitative estimate of drug-likeness (QED) is 0.909. The molecule has 23 heavy (non-hydrogen) atoms. The van der Waals surface area contributed by atoms with Gasteiger partial charge in [-0.1, -0.05) is 37.3 Å². The van der Waals surface area contributed by atoms with Crippen LogP contribution in [0.5, 0.6) is 11.5 Å². The van der Waals surface area contributed by atoms with Crippen LogP contribution in [0.3, 0.4) is 0 Å². The Morgan fingerprint density at radius 2 is 2.04 bits per heavy atom. The Bertz CT molecular complexity index is 685. The molecule has 1 amide bonds. The van der Waals surface area contributed by atoms with E-state index in [2.05, 4.69) is 29.4 Å². The molecule has 7 heteroatoms. The Morgan fingerprint density at radius 3 is 2.78 bits per heavy atom. The van der Waals surface area contributed by atoms with Crippen LogP contribution < -0.4 is 14.8 Å². The van der Waals surface area contributed by atoms with Crippen LogP contribution in [0.25, 0.3) is 0 Å². The number of amides is 1. The second kappa shape index (κ2) is 6.95. The van der Waals surface area contributed by atoms with E-state index in [0.717, 1.165) is 17.8 Å². The minimum absolute atomic E-state index is 0.182. The van der Waals surface area contributed by atoms with E-state index in [4.69, 9.17) is 9.47 Å². The molecule has 1 aromatic carbocycles. The Labute approximate surface area is 138 Å². The largest absolute Gasteiger partial charge is 0.485 e. The molecule has 6 nitrogen and oxygen atoms in total. The van der Waals surface area contributed by atoms with Crippen LogP contribution in [0.4, 0.5) is 5.13 Å². The first-order chi connectivity index (χ1) is 11.2. The highest BCUT2D eigenvalue weighted by molar-refractivity contribution is 7.15. The molecule has 0 radical (unpaired) electrons. The zero-order valence-corrected chi connectivity index (χ0v) is 13.9. The fourth-order valence-corrected chi connectivity index (χ4v) is 3.44. The molecule has 1 aromatic heterocycles. The number of nitrogens with one attached hydrogen (secondary N) is 1. The molecule has 0 unspecified atom stereocenters. The minimum Gasteiger partial charge on any atom is -0.485 e. The van der Waals surface area contributed by atoms with E-state index < -0.39 is 6.10 Å². The maximum absolute atomic E-state index is 12.3. The van der Waals surface area contributed by atoms with Crippen LogP contribution in [0, 0.1) is 0 Å². The normalized spacial score (nSPS) is 16.4. The summed E-state index contributed by atoms with van der Waals surface area (Å²) in [6.07, 6.45) is 1.33. The van der Waals surface area contributed by atoms with Gasteiger partial charge in [0.05, 0.1) is 0 Å². The Morgan fingerprint density at radius 1 is 1.30 bits per heavy atom. The number of hydrogen-bond donors (Lipinski definition) is 1. The molecule has 0 saturated heterocycles. The van der Waals surface area contributed by atoms with Gasteiger partial charge in [0.2, 0.25) is 11.2 Å². The molecule has 0 saturated carbocycles. The molecule has 0 fully saturated rings. The fourth-order valence-electron chi connectivity index (χ4n) is 2.42. The van der Waals surface area contributed by atoms with Crippen molar-refractivity contribution in [2.75, 3.05) is 11.9 Å². The average molecular weight is 333 g/mol. The highest BCUT2D eigenvalue weighted by Crippen LogP contribution is 2.32. The van der Waals surface area contributed by atoms with Crippen molar-refractivity contribution in [1.29, 1.82) is 0 Å². The number of ether oxygens (including phenoxy) is 2. The molecular formula is C16H19N3O3S. The van der Waals surface area contributed by atoms with Gasteiger partial charge in [-0.15, -0.1) is 10.2 Å². The van der Waals surface area contributed by atoms with Crippen LogP contribution in [-0.4, -0.2) is 28.8 Å². The van der Waals surface area contributed by atoms with E-state index in [1.165, 1.54) is 11.3 Å². The summed E-state index contributed by atoms with van der Waals surface area (Å²) >= 11 is 1.42. The summed E-state index contributed by atoms with van der Waals surface area (Å²) in [6.45, 7) is 4.43. The second-order valence-corrected chi connectivity index (χ2v) is 6.32. The molecule has 3 rings (SSSR count). The van der Waals surface area contributed by atoms with Crippen molar-refractivity contribution >= 4 is 22.4 Å². The number of nitrogens with zero attached hydrogens (tertiary/aromatic N) is 2. The van der Waals surface area contributed by atoms with Gasteiger partial charge in [-0.3, -0.25) is 10.1 Å². The van der Waals surface area contributed by atoms with Crippen LogP contribution >= 0.6 is 11.3 Å². The van der Waals surface area contributed by atoms with Crippen molar-refractivity contribution in [2.24, 2.45) is 0 Å². The van der Waals surface area contributed by atoms with Gasteiger partial charge in [-0.25, -0.2) is 0 Å². The summed E-state index contributed by atoms with van der Waals surface area (Å²) in [6, 6.07) is 7.30. The van der Waals surface area contributed by atoms with Crippen LogP contribution in [0.15, 0.2) is 24.3 Å². The first kappa shape index (κ1) is 15.7. The second-order valence-electron chi connectivity index (χ2n) is 5.31. The molecule has 0 spiro atoms. The number of anilines is 1. The third-order valence-electron chi connectivity index (χ3n) is 3.81. The highest BCUT2D eigenvalue weighted by atomic mass is 32.1. The fraction of sp³-hybridized carbons (Fsp3) is 0.438. The van der Waals surface area contributed by atoms with E-state index in [1.807, 2.05) is 18.2 Å². The number of rotatable bonds is 5. The van der Waals surface area contributed by atoms with Gasteiger partial charge in [-0.05, 0) is 25.0 Å². The van der Waals surface area contributed by atoms with Crippen molar-refractivity contribution in [1.82, 2.24) is 10.2 Å². The van der Waals surface area contributed by atoms with Crippen molar-refractivity contribution in [3.05, 3.63) is 29.3 Å². The summed E-state index contributed by atoms with van der Waals surface area (Å²) in [5.74, 6) is 1.35. The topological polar surface area (TPSA) is 73.3 Å². The van der Waals surface area contributed by atoms with Gasteiger partial charge < -0.3 is 9.47 Å². The van der Waals surface area contributed by atoms with Crippen molar-refractivity contribution in [3.63, 3.8) is 0 Å². The van der Waals surface area contributed by atoms with Gasteiger partial charge in [0, 0.05) is 5.92 Å². The smallest absolute Gasteiger partial charge is 0.270 e. The summed E-state index contributed by atoms with van der Waals surface area (Å²) < 4.78 is 11.2. The lowest BCUT2D eigenvalue weighted by Gasteiger charge is -2.25. The van der Waals surface area contributed by atoms with E-state index in [0.29, 0.717) is 22.5 Å². The molecule has 0 aliphatic carbocycles. The predicted octanol–water partition coefficient (Wildman–Crippen LogP) is 3.22. The molecule has 1 aliphatic rings. The Hall–Kier alpha value is -2.15. The number of aromatic nitrogens is 2. The maximum Gasteiger partial charge on any atom is 0.270 e. The minimum atomic E-state index is -0.689. The van der Waals surface area contributed by atoms with Crippen molar-refractivity contribution in [3.8, 4) is 11.5 Å². The third-order valence-corrected chi connectivity index (χ3v) is 4.81. The zero-order chi connectivity index (χ0) is 16.2. The maximum atomic E-state index is 12.3. The molecule has 122 valence electrons. The molecular weight excluding hydrogens is 314 g/mol. The number of fused-ring (bicyclic) bond motifs is 1. The standard InChI is InChI=1S/C16H19N3O3S/c1-3-10(4-2)15-18-19-16(23-15)17-14(20)13-9-21-11-7-5-6-8-12(11)22-13/h5-8,10,13H,3-4,9H2,1-2H3,(H,17,19,20)/t13-/m1/s1.